The molecule has 0 bridgehead atoms. The van der Waals surface area contributed by atoms with Gasteiger partial charge in [-0.3, -0.25) is 4.79 Å². The van der Waals surface area contributed by atoms with Crippen LogP contribution in [-0.2, 0) is 14.3 Å². The zero-order valence-electron chi connectivity index (χ0n) is 18.3. The summed E-state index contributed by atoms with van der Waals surface area (Å²) in [6.07, 6.45) is 0. The highest BCUT2D eigenvalue weighted by Crippen LogP contribution is 2.29. The second-order valence-electron chi connectivity index (χ2n) is 7.60. The molecule has 170 valence electrons. The Bertz CT molecular complexity index is 1170. The molecular formula is C24H24ClN5O3. The van der Waals surface area contributed by atoms with E-state index in [-0.39, 0.29) is 13.2 Å². The first-order valence-electron chi connectivity index (χ1n) is 10.7. The van der Waals surface area contributed by atoms with Gasteiger partial charge in [0, 0.05) is 44.0 Å². The van der Waals surface area contributed by atoms with Crippen molar-refractivity contribution in [3.05, 3.63) is 59.2 Å². The van der Waals surface area contributed by atoms with Crippen LogP contribution in [0.25, 0.3) is 11.0 Å². The number of rotatable bonds is 7. The number of fused-ring (bicyclic) bond motifs is 1. The highest BCUT2D eigenvalue weighted by atomic mass is 35.5. The Morgan fingerprint density at radius 2 is 1.76 bits per heavy atom. The van der Waals surface area contributed by atoms with Crippen LogP contribution >= 0.6 is 11.6 Å². The van der Waals surface area contributed by atoms with E-state index < -0.39 is 11.9 Å². The Hall–Kier alpha value is -3.41. The fraction of sp³-hybridized carbons (Fsp3) is 0.333. The number of halogens is 1. The van der Waals surface area contributed by atoms with E-state index in [2.05, 4.69) is 20.9 Å². The molecule has 1 aliphatic rings. The molecule has 2 heterocycles. The predicted molar refractivity (Wildman–Crippen MR) is 127 cm³/mol. The molecule has 1 aliphatic heterocycles. The van der Waals surface area contributed by atoms with E-state index in [1.807, 2.05) is 48.5 Å². The van der Waals surface area contributed by atoms with Crippen LogP contribution in [0.15, 0.2) is 48.5 Å². The maximum absolute atomic E-state index is 12.7. The summed E-state index contributed by atoms with van der Waals surface area (Å²) in [4.78, 5) is 26.5. The number of benzene rings is 2. The van der Waals surface area contributed by atoms with Crippen LogP contribution in [0.4, 0.5) is 11.5 Å². The van der Waals surface area contributed by atoms with Crippen molar-refractivity contribution in [3.63, 3.8) is 0 Å². The zero-order chi connectivity index (χ0) is 23.2. The molecule has 0 N–H and O–H groups in total. The fourth-order valence-corrected chi connectivity index (χ4v) is 4.00. The number of nitriles is 1. The van der Waals surface area contributed by atoms with E-state index >= 15 is 0 Å². The minimum Gasteiger partial charge on any atom is -0.462 e. The van der Waals surface area contributed by atoms with E-state index in [1.54, 1.807) is 0 Å². The third kappa shape index (κ3) is 5.16. The van der Waals surface area contributed by atoms with E-state index in [4.69, 9.17) is 26.1 Å². The van der Waals surface area contributed by atoms with Crippen LogP contribution < -0.4 is 9.80 Å². The maximum Gasteiger partial charge on any atom is 0.329 e. The molecule has 0 aliphatic carbocycles. The van der Waals surface area contributed by atoms with Crippen molar-refractivity contribution < 1.29 is 14.3 Å². The highest BCUT2D eigenvalue weighted by molar-refractivity contribution is 6.30. The topological polar surface area (TPSA) is 91.6 Å². The quantitative estimate of drug-likeness (QED) is 0.387. The molecule has 0 radical (unpaired) electrons. The minimum atomic E-state index is -1.18. The molecule has 9 heteroatoms. The van der Waals surface area contributed by atoms with Gasteiger partial charge in [-0.25, -0.2) is 9.97 Å². The number of hydrogen-bond donors (Lipinski definition) is 0. The molecule has 3 aromatic rings. The summed E-state index contributed by atoms with van der Waals surface area (Å²) in [5, 5.41) is 10.5. The Balaban J connectivity index is 1.62. The lowest BCUT2D eigenvalue weighted by molar-refractivity contribution is -0.145. The van der Waals surface area contributed by atoms with Crippen LogP contribution in [0.2, 0.25) is 5.02 Å². The van der Waals surface area contributed by atoms with Gasteiger partial charge in [0.2, 0.25) is 0 Å². The Morgan fingerprint density at radius 1 is 1.06 bits per heavy atom. The average Bonchev–Trinajstić information content (AvgIpc) is 2.84. The van der Waals surface area contributed by atoms with Gasteiger partial charge in [-0.1, -0.05) is 29.8 Å². The molecule has 1 atom stereocenters. The van der Waals surface area contributed by atoms with Crippen molar-refractivity contribution in [1.29, 1.82) is 5.26 Å². The van der Waals surface area contributed by atoms with Crippen molar-refractivity contribution in [2.24, 2.45) is 0 Å². The number of carbonyl (C=O) groups excluding carboxylic acids is 1. The van der Waals surface area contributed by atoms with Gasteiger partial charge in [0.25, 0.3) is 0 Å². The van der Waals surface area contributed by atoms with Crippen LogP contribution in [0.1, 0.15) is 11.6 Å². The number of ether oxygens (including phenoxy) is 2. The molecule has 0 saturated carbocycles. The first kappa shape index (κ1) is 22.8. The van der Waals surface area contributed by atoms with Crippen LogP contribution in [0.5, 0.6) is 0 Å². The maximum atomic E-state index is 12.7. The number of anilines is 2. The van der Waals surface area contributed by atoms with Gasteiger partial charge in [0.15, 0.2) is 11.7 Å². The third-order valence-electron chi connectivity index (χ3n) is 5.50. The van der Waals surface area contributed by atoms with Crippen molar-refractivity contribution >= 4 is 40.1 Å². The molecular weight excluding hydrogens is 442 g/mol. The number of piperazine rings is 1. The summed E-state index contributed by atoms with van der Waals surface area (Å²) in [5.74, 6) is -1.30. The molecule has 8 nitrogen and oxygen atoms in total. The number of para-hydroxylation sites is 2. The molecule has 0 amide bonds. The molecule has 1 fully saturated rings. The van der Waals surface area contributed by atoms with Crippen LogP contribution in [0.3, 0.4) is 0 Å². The summed E-state index contributed by atoms with van der Waals surface area (Å²) in [6.45, 7) is 3.12. The monoisotopic (exact) mass is 465 g/mol. The van der Waals surface area contributed by atoms with Gasteiger partial charge in [-0.05, 0) is 30.3 Å². The Labute approximate surface area is 197 Å². The number of carbonyl (C=O) groups is 1. The lowest BCUT2D eigenvalue weighted by Crippen LogP contribution is -2.47. The molecule has 33 heavy (non-hydrogen) atoms. The summed E-state index contributed by atoms with van der Waals surface area (Å²) < 4.78 is 10.2. The largest absolute Gasteiger partial charge is 0.462 e. The second-order valence-corrected chi connectivity index (χ2v) is 8.03. The van der Waals surface area contributed by atoms with E-state index in [1.165, 1.54) is 7.11 Å². The Kier molecular flexibility index (Phi) is 7.23. The number of aromatic nitrogens is 2. The van der Waals surface area contributed by atoms with Gasteiger partial charge in [0.05, 0.1) is 23.7 Å². The molecule has 2 aromatic carbocycles. The fourth-order valence-electron chi connectivity index (χ4n) is 3.81. The van der Waals surface area contributed by atoms with Crippen LogP contribution in [0, 0.1) is 11.3 Å². The lowest BCUT2D eigenvalue weighted by atomic mass is 10.1. The first-order valence-corrected chi connectivity index (χ1v) is 11.1. The van der Waals surface area contributed by atoms with Crippen molar-refractivity contribution in [2.75, 3.05) is 56.3 Å². The lowest BCUT2D eigenvalue weighted by Gasteiger charge is -2.37. The Morgan fingerprint density at radius 3 is 2.42 bits per heavy atom. The number of nitrogens with zero attached hydrogens (tertiary/aromatic N) is 5. The smallest absolute Gasteiger partial charge is 0.329 e. The summed E-state index contributed by atoms with van der Waals surface area (Å²) in [7, 11) is 1.52. The predicted octanol–water partition coefficient (Wildman–Crippen LogP) is 3.41. The van der Waals surface area contributed by atoms with Gasteiger partial charge < -0.3 is 19.3 Å². The minimum absolute atomic E-state index is 0.0716. The SMILES string of the molecule is COCCOC(=O)[C@@H](C#N)c1nc2ccccc2nc1N1CCN(c2cccc(Cl)c2)CC1. The second kappa shape index (κ2) is 10.5. The first-order chi connectivity index (χ1) is 16.1. The van der Waals surface area contributed by atoms with E-state index in [0.29, 0.717) is 40.7 Å². The molecule has 4 rings (SSSR count). The number of methoxy groups -OCH3 is 1. The summed E-state index contributed by atoms with van der Waals surface area (Å²) in [6, 6.07) is 17.2. The average molecular weight is 466 g/mol. The number of hydrogen-bond acceptors (Lipinski definition) is 8. The molecule has 0 unspecified atom stereocenters. The highest BCUT2D eigenvalue weighted by Gasteiger charge is 2.31. The van der Waals surface area contributed by atoms with E-state index in [0.717, 1.165) is 18.8 Å². The van der Waals surface area contributed by atoms with Crippen LogP contribution in [-0.4, -0.2) is 62.4 Å². The van der Waals surface area contributed by atoms with E-state index in [9.17, 15) is 10.1 Å². The van der Waals surface area contributed by atoms with Crippen molar-refractivity contribution in [3.8, 4) is 6.07 Å². The molecule has 1 saturated heterocycles. The van der Waals surface area contributed by atoms with Crippen molar-refractivity contribution in [1.82, 2.24) is 9.97 Å². The summed E-state index contributed by atoms with van der Waals surface area (Å²) in [5.41, 5.74) is 2.70. The van der Waals surface area contributed by atoms with Gasteiger partial charge in [-0.2, -0.15) is 5.26 Å². The molecule has 1 aromatic heterocycles. The summed E-state index contributed by atoms with van der Waals surface area (Å²) >= 11 is 6.15. The zero-order valence-corrected chi connectivity index (χ0v) is 19.0. The van der Waals surface area contributed by atoms with Gasteiger partial charge in [0.1, 0.15) is 12.3 Å². The number of esters is 1. The normalized spacial score (nSPS) is 14.7. The third-order valence-corrected chi connectivity index (χ3v) is 5.74. The van der Waals surface area contributed by atoms with Gasteiger partial charge >= 0.3 is 5.97 Å². The van der Waals surface area contributed by atoms with Gasteiger partial charge in [-0.15, -0.1) is 0 Å². The van der Waals surface area contributed by atoms with Crippen molar-refractivity contribution in [2.45, 2.75) is 5.92 Å². The standard InChI is InChI=1S/C24H24ClN5O3/c1-32-13-14-33-24(31)19(16-26)22-23(28-21-8-3-2-7-20(21)27-22)30-11-9-29(10-12-30)18-6-4-5-17(25)15-18/h2-8,15,19H,9-14H2,1H3/t19-/m0/s1. The molecule has 0 spiro atoms.